The largest absolute Gasteiger partial charge is 0.512 e. The number of halogens is 1. The maximum Gasteiger partial charge on any atom is 0.155 e. The molecule has 19 heteroatoms. The van der Waals surface area contributed by atoms with Crippen LogP contribution in [0.25, 0.3) is 121 Å². The van der Waals surface area contributed by atoms with Crippen molar-refractivity contribution in [2.75, 3.05) is 0 Å². The van der Waals surface area contributed by atoms with Crippen LogP contribution in [-0.2, 0) is 100 Å². The summed E-state index contributed by atoms with van der Waals surface area (Å²) in [5.41, 5.74) is 25.5. The number of fused-ring (bicyclic) bond motifs is 4. The topological polar surface area (TPSA) is 189 Å². The molecule has 9 aromatic carbocycles. The van der Waals surface area contributed by atoms with Crippen molar-refractivity contribution in [1.29, 1.82) is 0 Å². The van der Waals surface area contributed by atoms with Gasteiger partial charge in [0.05, 0.1) is 34.2 Å². The number of hydrogen-bond donors (Lipinski definition) is 3. The number of aryl methyl sites for hydroxylation is 6. The number of aromatic nitrogens is 6. The predicted molar refractivity (Wildman–Crippen MR) is 507 cm³/mol. The molecule has 658 valence electrons. The number of nitrogens with zero attached hydrogens (tertiary/aromatic N) is 6. The number of carbonyl (C=O) groups excluding carboxylic acids is 3. The van der Waals surface area contributed by atoms with E-state index in [-0.39, 0.29) is 141 Å². The van der Waals surface area contributed by atoms with Gasteiger partial charge in [-0.25, -0.2) is 4.39 Å². The van der Waals surface area contributed by atoms with Crippen molar-refractivity contribution in [1.82, 2.24) is 29.9 Å². The molecule has 0 fully saturated rings. The van der Waals surface area contributed by atoms with Crippen molar-refractivity contribution in [2.24, 2.45) is 0 Å². The maximum absolute atomic E-state index is 12.9. The molecule has 0 spiro atoms. The van der Waals surface area contributed by atoms with Crippen LogP contribution < -0.4 is 0 Å². The first kappa shape index (κ1) is 109. The van der Waals surface area contributed by atoms with Gasteiger partial charge in [0.2, 0.25) is 0 Å². The van der Waals surface area contributed by atoms with Crippen LogP contribution in [0.4, 0.5) is 4.39 Å². The van der Waals surface area contributed by atoms with Crippen molar-refractivity contribution in [3.63, 3.8) is 0 Å². The molecule has 7 heterocycles. The van der Waals surface area contributed by atoms with E-state index in [9.17, 15) is 18.8 Å². The number of rotatable bonds is 11. The third kappa shape index (κ3) is 33.7. The number of aliphatic hydroxyl groups is 3. The van der Waals surface area contributed by atoms with Gasteiger partial charge in [-0.1, -0.05) is 164 Å². The van der Waals surface area contributed by atoms with Crippen molar-refractivity contribution in [3.8, 4) is 89.9 Å². The monoisotopic (exact) mass is 2420 g/mol. The molecule has 0 unspecified atom stereocenters. The first-order chi connectivity index (χ1) is 57.5. The molecule has 0 saturated carbocycles. The molecule has 0 saturated heterocycles. The van der Waals surface area contributed by atoms with E-state index < -0.39 is 0 Å². The fourth-order valence-corrected chi connectivity index (χ4v) is 14.4. The summed E-state index contributed by atoms with van der Waals surface area (Å²) in [5.74, 6) is -0.417. The van der Waals surface area contributed by atoms with Crippen molar-refractivity contribution in [3.05, 3.63) is 383 Å². The maximum atomic E-state index is 12.9. The van der Waals surface area contributed by atoms with Crippen LogP contribution in [-0.4, -0.2) is 62.6 Å². The Hall–Kier alpha value is -11.0. The molecular formula is C107H104FIr4N6O6S2-5. The molecule has 0 bridgehead atoms. The number of hydrogen-bond acceptors (Lipinski definition) is 14. The van der Waals surface area contributed by atoms with Crippen LogP contribution in [0.5, 0.6) is 0 Å². The van der Waals surface area contributed by atoms with Gasteiger partial charge in [-0.2, -0.15) is 0 Å². The number of thiophene rings is 2. The van der Waals surface area contributed by atoms with Crippen LogP contribution in [0.2, 0.25) is 0 Å². The van der Waals surface area contributed by atoms with Crippen LogP contribution in [0.3, 0.4) is 0 Å². The van der Waals surface area contributed by atoms with Gasteiger partial charge in [-0.15, -0.1) is 201 Å². The summed E-state index contributed by atoms with van der Waals surface area (Å²) >= 11 is 3.52. The van der Waals surface area contributed by atoms with Crippen molar-refractivity contribution >= 4 is 71.1 Å². The Morgan fingerprint density at radius 2 is 0.929 bits per heavy atom. The number of para-hydroxylation sites is 1. The Balaban J connectivity index is 0.000000387. The summed E-state index contributed by atoms with van der Waals surface area (Å²) in [6.07, 6.45) is 10.8. The van der Waals surface area contributed by atoms with E-state index >= 15 is 0 Å². The van der Waals surface area contributed by atoms with Crippen molar-refractivity contribution in [2.45, 2.75) is 124 Å². The molecular weight excluding hydrogens is 2320 g/mol. The standard InChI is InChI=1S/C28H27N2.C21H18NS.C17H11FN.C13H8NS.C11H8N.3C5H8O2.2CH4.4Ir/c1-17-10-18(2)13-23(12-17)27-28(24-14-19(3)11-20(4)15-24)30-25(16-29-27)26-21(5)8-7-9-22(26)6;1-21(2,3)15-10-8-14(9-11-15)19-17-12-13-23-20(17)16-6-4-5-7-18(16)22-19;18-16-9-6-13(7-10-16)15-8-11-17(19-12-15)14-4-2-1-3-5-14;1-2-4-10(5-3-1)13-11-7-9-15-12(11)6-8-14-13;1-2-6-10(7-3-1)11-8-4-5-9-12-11;3*1-4(6)3-5(2)7;;;;;;/h7-12,14-16H,1-6H3;4-8,10-13H,1-3H3;1-4,6-12H;1-4,6-9H;1-6,8-9H;3*3,6H,1-2H3;2*1H4;;;;/q5*-1;;;;;;;;;. The molecule has 16 aromatic rings. The normalized spacial score (nSPS) is 10.5. The molecule has 0 atom stereocenters. The van der Waals surface area contributed by atoms with Gasteiger partial charge >= 0.3 is 0 Å². The summed E-state index contributed by atoms with van der Waals surface area (Å²) in [6, 6.07) is 94.4. The summed E-state index contributed by atoms with van der Waals surface area (Å²) in [6.45, 7) is 27.9. The number of ketones is 3. The fourth-order valence-electron chi connectivity index (χ4n) is 12.7. The van der Waals surface area contributed by atoms with E-state index in [1.54, 1.807) is 47.2 Å². The average Bonchev–Trinajstić information content (AvgIpc) is 1.44. The Bertz CT molecular complexity index is 6030. The van der Waals surface area contributed by atoms with E-state index in [1.807, 2.05) is 128 Å². The quantitative estimate of drug-likeness (QED) is 0.0632. The average molecular weight is 2420 g/mol. The fraction of sp³-hybridized carbons (Fsp3) is 0.168. The van der Waals surface area contributed by atoms with E-state index in [1.165, 1.54) is 131 Å². The van der Waals surface area contributed by atoms with Crippen LogP contribution in [0.1, 0.15) is 116 Å². The van der Waals surface area contributed by atoms with Crippen molar-refractivity contribution < 1.29 is 115 Å². The molecule has 126 heavy (non-hydrogen) atoms. The molecule has 0 aliphatic rings. The number of allylic oxidation sites excluding steroid dienone is 6. The molecule has 16 rings (SSSR count). The number of carbonyl (C=O) groups is 3. The molecule has 0 amide bonds. The Labute approximate surface area is 805 Å². The second-order valence-electron chi connectivity index (χ2n) is 29.4. The van der Waals surface area contributed by atoms with Gasteiger partial charge in [-0.3, -0.25) is 24.4 Å². The number of pyridine rings is 4. The van der Waals surface area contributed by atoms with Crippen LogP contribution in [0, 0.1) is 77.7 Å². The summed E-state index contributed by atoms with van der Waals surface area (Å²) in [4.78, 5) is 58.1. The van der Waals surface area contributed by atoms with Gasteiger partial charge in [0.15, 0.2) is 17.3 Å². The molecule has 0 aliphatic carbocycles. The second-order valence-corrected chi connectivity index (χ2v) is 31.3. The zero-order valence-corrected chi connectivity index (χ0v) is 82.7. The summed E-state index contributed by atoms with van der Waals surface area (Å²) in [5, 5.41) is 33.0. The second kappa shape index (κ2) is 54.1. The summed E-state index contributed by atoms with van der Waals surface area (Å²) < 4.78 is 15.4. The zero-order chi connectivity index (χ0) is 86.4. The Morgan fingerprint density at radius 3 is 1.43 bits per heavy atom. The van der Waals surface area contributed by atoms with E-state index in [0.29, 0.717) is 0 Å². The van der Waals surface area contributed by atoms with Gasteiger partial charge in [0.1, 0.15) is 5.82 Å². The van der Waals surface area contributed by atoms with Gasteiger partial charge in [0, 0.05) is 149 Å². The van der Waals surface area contributed by atoms with Crippen LogP contribution >= 0.6 is 22.7 Å². The van der Waals surface area contributed by atoms with E-state index in [4.69, 9.17) is 30.3 Å². The Morgan fingerprint density at radius 1 is 0.405 bits per heavy atom. The minimum atomic E-state index is -0.229. The first-order valence-corrected chi connectivity index (χ1v) is 40.6. The number of benzene rings is 9. The SMILES string of the molecule is C.C.CC(=O)C=C(C)O.CC(=O)C=C(C)O.CC(=O)C=C(C)O.CC(C)(C)c1c[c-]c(-c2nc3ccccc3c3sccc23)cc1.Cc1[c-]c(-c2ncc(-c3c(C)cccc3C)nc2-c2cc(C)cc(C)c2)cc(C)c1.Fc1ccc(-c2ccc(-c3[c-]cccc3)nc2)cc1.[Ir].[Ir].[Ir].[Ir].[c-]1ccccc1-c1ccccn1.[c-]1ccccc1-c1nccc2sccc12. The third-order valence-electron chi connectivity index (χ3n) is 17.8. The first-order valence-electron chi connectivity index (χ1n) is 38.8. The minimum absolute atomic E-state index is 0. The zero-order valence-electron chi connectivity index (χ0n) is 71.5. The molecule has 7 aromatic heterocycles. The van der Waals surface area contributed by atoms with Gasteiger partial charge < -0.3 is 35.3 Å². The smallest absolute Gasteiger partial charge is 0.155 e. The van der Waals surface area contributed by atoms with Crippen LogP contribution in [0.15, 0.2) is 308 Å². The molecule has 12 nitrogen and oxygen atoms in total. The molecule has 3 N–H and O–H groups in total. The van der Waals surface area contributed by atoms with E-state index in [2.05, 4.69) is 215 Å². The number of aliphatic hydroxyl groups excluding tert-OH is 3. The minimum Gasteiger partial charge on any atom is -0.512 e. The molecule has 0 aliphatic heterocycles. The van der Waals surface area contributed by atoms with E-state index in [0.717, 1.165) is 101 Å². The third-order valence-corrected chi connectivity index (χ3v) is 19.6. The van der Waals surface area contributed by atoms with Gasteiger partial charge in [0.25, 0.3) is 0 Å². The van der Waals surface area contributed by atoms with Gasteiger partial charge in [-0.05, 0) is 177 Å². The Kier molecular flexibility index (Phi) is 46.9. The predicted octanol–water partition coefficient (Wildman–Crippen LogP) is 28.4. The molecule has 4 radical (unpaired) electrons. The summed E-state index contributed by atoms with van der Waals surface area (Å²) in [7, 11) is 0.